The van der Waals surface area contributed by atoms with E-state index >= 15 is 0 Å². The molecule has 0 heterocycles. The molecule has 1 aromatic rings. The summed E-state index contributed by atoms with van der Waals surface area (Å²) >= 11 is 0. The van der Waals surface area contributed by atoms with Crippen LogP contribution in [0, 0.1) is 45.3 Å². The summed E-state index contributed by atoms with van der Waals surface area (Å²) in [5.41, 5.74) is 2.14. The van der Waals surface area contributed by atoms with Crippen molar-refractivity contribution in [2.75, 3.05) is 0 Å². The summed E-state index contributed by atoms with van der Waals surface area (Å²) in [7, 11) is 0. The van der Waals surface area contributed by atoms with Crippen LogP contribution in [0.25, 0.3) is 5.57 Å². The van der Waals surface area contributed by atoms with Crippen LogP contribution in [0.2, 0.25) is 0 Å². The SMILES string of the molecule is CC(C)C1=C2C=C(c3ccccc3)C(C#N)(C#N)C2(C(C)C)C=CC=C1. The molecule has 2 aliphatic carbocycles. The predicted molar refractivity (Wildman–Crippen MR) is 105 cm³/mol. The van der Waals surface area contributed by atoms with Gasteiger partial charge < -0.3 is 0 Å². The number of nitriles is 2. The lowest BCUT2D eigenvalue weighted by molar-refractivity contribution is 0.249. The fourth-order valence-electron chi connectivity index (χ4n) is 4.48. The maximum absolute atomic E-state index is 10.3. The van der Waals surface area contributed by atoms with Gasteiger partial charge in [-0.25, -0.2) is 0 Å². The van der Waals surface area contributed by atoms with Gasteiger partial charge in [0.1, 0.15) is 0 Å². The Labute approximate surface area is 156 Å². The quantitative estimate of drug-likeness (QED) is 0.694. The summed E-state index contributed by atoms with van der Waals surface area (Å²) in [4.78, 5) is 0. The molecule has 2 heteroatoms. The average Bonchev–Trinajstić information content (AvgIpc) is 2.78. The molecule has 3 rings (SSSR count). The van der Waals surface area contributed by atoms with Crippen molar-refractivity contribution in [2.45, 2.75) is 27.7 Å². The van der Waals surface area contributed by atoms with E-state index in [1.807, 2.05) is 42.5 Å². The van der Waals surface area contributed by atoms with E-state index in [2.05, 4.69) is 58.1 Å². The highest BCUT2D eigenvalue weighted by molar-refractivity contribution is 5.86. The van der Waals surface area contributed by atoms with Crippen LogP contribution in [0.3, 0.4) is 0 Å². The van der Waals surface area contributed by atoms with E-state index in [9.17, 15) is 10.5 Å². The van der Waals surface area contributed by atoms with Gasteiger partial charge in [-0.05, 0) is 34.1 Å². The minimum Gasteiger partial charge on any atom is -0.196 e. The minimum atomic E-state index is -1.25. The highest BCUT2D eigenvalue weighted by atomic mass is 14.6. The molecule has 2 nitrogen and oxygen atoms in total. The Balaban J connectivity index is 2.46. The molecule has 0 N–H and O–H groups in total. The van der Waals surface area contributed by atoms with Gasteiger partial charge in [-0.2, -0.15) is 10.5 Å². The van der Waals surface area contributed by atoms with Gasteiger partial charge in [-0.1, -0.05) is 88.4 Å². The number of rotatable bonds is 3. The topological polar surface area (TPSA) is 47.6 Å². The Morgan fingerprint density at radius 1 is 0.923 bits per heavy atom. The zero-order valence-corrected chi connectivity index (χ0v) is 15.8. The third-order valence-electron chi connectivity index (χ3n) is 5.77. The Morgan fingerprint density at radius 2 is 1.58 bits per heavy atom. The van der Waals surface area contributed by atoms with Gasteiger partial charge in [0.15, 0.2) is 5.41 Å². The molecule has 2 aliphatic rings. The standard InChI is InChI=1S/C24H24N2/c1-17(2)20-12-8-9-13-24(18(3)4)22(20)14-21(23(24,15-25)16-26)19-10-6-5-7-11-19/h5-14,17-18H,1-4H3. The van der Waals surface area contributed by atoms with E-state index in [4.69, 9.17) is 0 Å². The lowest BCUT2D eigenvalue weighted by atomic mass is 9.56. The van der Waals surface area contributed by atoms with Crippen molar-refractivity contribution in [3.63, 3.8) is 0 Å². The molecule has 0 aliphatic heterocycles. The molecule has 1 atom stereocenters. The van der Waals surface area contributed by atoms with Crippen LogP contribution in [0.15, 0.2) is 71.9 Å². The van der Waals surface area contributed by atoms with Crippen molar-refractivity contribution in [3.05, 3.63) is 77.4 Å². The van der Waals surface area contributed by atoms with Gasteiger partial charge in [0, 0.05) is 0 Å². The Morgan fingerprint density at radius 3 is 2.12 bits per heavy atom. The van der Waals surface area contributed by atoms with Gasteiger partial charge in [-0.15, -0.1) is 0 Å². The normalized spacial score (nSPS) is 23.5. The van der Waals surface area contributed by atoms with E-state index in [1.165, 1.54) is 5.57 Å². The number of hydrogen-bond donors (Lipinski definition) is 0. The Kier molecular flexibility index (Phi) is 4.47. The first-order valence-electron chi connectivity index (χ1n) is 9.15. The first-order chi connectivity index (χ1) is 12.4. The number of benzene rings is 1. The smallest absolute Gasteiger partial charge is 0.182 e. The predicted octanol–water partition coefficient (Wildman–Crippen LogP) is 5.84. The molecule has 0 radical (unpaired) electrons. The van der Waals surface area contributed by atoms with Crippen molar-refractivity contribution >= 4 is 5.57 Å². The first kappa shape index (κ1) is 18.0. The van der Waals surface area contributed by atoms with Crippen molar-refractivity contribution in [3.8, 4) is 12.1 Å². The third kappa shape index (κ3) is 2.23. The summed E-state index contributed by atoms with van der Waals surface area (Å²) in [5, 5.41) is 20.7. The van der Waals surface area contributed by atoms with Crippen LogP contribution in [-0.4, -0.2) is 0 Å². The van der Waals surface area contributed by atoms with Crippen molar-refractivity contribution in [1.82, 2.24) is 0 Å². The van der Waals surface area contributed by atoms with Crippen LogP contribution < -0.4 is 0 Å². The third-order valence-corrected chi connectivity index (χ3v) is 5.77. The van der Waals surface area contributed by atoms with E-state index in [1.54, 1.807) is 0 Å². The molecular weight excluding hydrogens is 316 g/mol. The number of hydrogen-bond acceptors (Lipinski definition) is 2. The first-order valence-corrected chi connectivity index (χ1v) is 9.15. The largest absolute Gasteiger partial charge is 0.196 e. The molecule has 0 aromatic heterocycles. The summed E-state index contributed by atoms with van der Waals surface area (Å²) in [6.07, 6.45) is 10.3. The van der Waals surface area contributed by atoms with E-state index in [0.717, 1.165) is 16.7 Å². The van der Waals surface area contributed by atoms with Crippen molar-refractivity contribution in [2.24, 2.45) is 22.7 Å². The molecule has 130 valence electrons. The van der Waals surface area contributed by atoms with Gasteiger partial charge in [-0.3, -0.25) is 0 Å². The van der Waals surface area contributed by atoms with Gasteiger partial charge in [0.2, 0.25) is 0 Å². The van der Waals surface area contributed by atoms with Crippen molar-refractivity contribution in [1.29, 1.82) is 10.5 Å². The maximum atomic E-state index is 10.3. The zero-order valence-electron chi connectivity index (χ0n) is 15.8. The summed E-state index contributed by atoms with van der Waals surface area (Å²) in [6.45, 7) is 8.55. The molecule has 1 unspecified atom stereocenters. The van der Waals surface area contributed by atoms with Crippen LogP contribution in [0.1, 0.15) is 33.3 Å². The minimum absolute atomic E-state index is 0.0964. The van der Waals surface area contributed by atoms with Crippen molar-refractivity contribution < 1.29 is 0 Å². The molecule has 1 aromatic carbocycles. The summed E-state index contributed by atoms with van der Waals surface area (Å²) < 4.78 is 0. The van der Waals surface area contributed by atoms with Gasteiger partial charge in [0.05, 0.1) is 17.6 Å². The number of fused-ring (bicyclic) bond motifs is 1. The molecule has 26 heavy (non-hydrogen) atoms. The summed E-state index contributed by atoms with van der Waals surface area (Å²) in [6, 6.07) is 14.7. The van der Waals surface area contributed by atoms with Crippen LogP contribution >= 0.6 is 0 Å². The molecular formula is C24H24N2. The average molecular weight is 340 g/mol. The molecule has 0 fully saturated rings. The highest BCUT2D eigenvalue weighted by Gasteiger charge is 2.61. The Hall–Kier alpha value is -2.84. The molecule has 0 bridgehead atoms. The van der Waals surface area contributed by atoms with Gasteiger partial charge >= 0.3 is 0 Å². The Bertz CT molecular complexity index is 897. The lowest BCUT2D eigenvalue weighted by Gasteiger charge is -2.42. The number of nitrogens with zero attached hydrogens (tertiary/aromatic N) is 2. The van der Waals surface area contributed by atoms with Crippen LogP contribution in [-0.2, 0) is 0 Å². The second-order valence-electron chi connectivity index (χ2n) is 7.66. The monoisotopic (exact) mass is 340 g/mol. The van der Waals surface area contributed by atoms with E-state index in [-0.39, 0.29) is 5.92 Å². The lowest BCUT2D eigenvalue weighted by Crippen LogP contribution is -2.41. The van der Waals surface area contributed by atoms with Crippen LogP contribution in [0.4, 0.5) is 0 Å². The van der Waals surface area contributed by atoms with Gasteiger partial charge in [0.25, 0.3) is 0 Å². The molecule has 0 spiro atoms. The molecule has 0 amide bonds. The second kappa shape index (κ2) is 6.47. The summed E-state index contributed by atoms with van der Waals surface area (Å²) in [5.74, 6) is 0.403. The fraction of sp³-hybridized carbons (Fsp3) is 0.333. The van der Waals surface area contributed by atoms with Crippen LogP contribution in [0.5, 0.6) is 0 Å². The molecule has 0 saturated heterocycles. The highest BCUT2D eigenvalue weighted by Crippen LogP contribution is 2.64. The van der Waals surface area contributed by atoms with E-state index < -0.39 is 10.8 Å². The number of allylic oxidation sites excluding steroid dienone is 8. The fourth-order valence-corrected chi connectivity index (χ4v) is 4.48. The zero-order chi connectivity index (χ0) is 18.9. The second-order valence-corrected chi connectivity index (χ2v) is 7.66. The van der Waals surface area contributed by atoms with E-state index in [0.29, 0.717) is 5.92 Å². The molecule has 0 saturated carbocycles. The maximum Gasteiger partial charge on any atom is 0.182 e.